The molecule has 0 N–H and O–H groups in total. The predicted octanol–water partition coefficient (Wildman–Crippen LogP) is 2.58. The van der Waals surface area contributed by atoms with Crippen LogP contribution in [-0.2, 0) is 0 Å². The standard InChI is InChI=1S/C13H17N3/c1-2-11-5-4-8-16(10-11)13-6-3-7-15-12(13)9-14/h3,6-7,11H,2,4-5,8,10H2,1H3. The molecule has 1 fully saturated rings. The van der Waals surface area contributed by atoms with Crippen molar-refractivity contribution in [2.24, 2.45) is 5.92 Å². The van der Waals surface area contributed by atoms with Crippen molar-refractivity contribution in [2.75, 3.05) is 18.0 Å². The number of nitriles is 1. The first-order valence-corrected chi connectivity index (χ1v) is 5.95. The molecular weight excluding hydrogens is 198 g/mol. The van der Waals surface area contributed by atoms with E-state index in [0.717, 1.165) is 24.7 Å². The minimum Gasteiger partial charge on any atom is -0.369 e. The Labute approximate surface area is 96.7 Å². The Morgan fingerprint density at radius 3 is 3.25 bits per heavy atom. The molecule has 0 amide bonds. The minimum absolute atomic E-state index is 0.555. The molecule has 2 heterocycles. The van der Waals surface area contributed by atoms with Gasteiger partial charge < -0.3 is 4.90 Å². The molecule has 1 aliphatic rings. The highest BCUT2D eigenvalue weighted by molar-refractivity contribution is 5.55. The molecule has 84 valence electrons. The molecule has 0 spiro atoms. The normalized spacial score (nSPS) is 20.5. The monoisotopic (exact) mass is 215 g/mol. The van der Waals surface area contributed by atoms with Gasteiger partial charge in [0.1, 0.15) is 6.07 Å². The molecule has 1 saturated heterocycles. The lowest BCUT2D eigenvalue weighted by molar-refractivity contribution is 0.404. The highest BCUT2D eigenvalue weighted by atomic mass is 15.1. The Morgan fingerprint density at radius 2 is 2.50 bits per heavy atom. The van der Waals surface area contributed by atoms with Crippen molar-refractivity contribution in [1.82, 2.24) is 4.98 Å². The molecule has 2 rings (SSSR count). The molecule has 3 nitrogen and oxygen atoms in total. The maximum absolute atomic E-state index is 9.03. The molecule has 1 unspecified atom stereocenters. The Balaban J connectivity index is 2.20. The van der Waals surface area contributed by atoms with Gasteiger partial charge in [-0.3, -0.25) is 0 Å². The van der Waals surface area contributed by atoms with Crippen LogP contribution < -0.4 is 4.90 Å². The molecule has 1 aromatic heterocycles. The molecule has 0 aliphatic carbocycles. The zero-order chi connectivity index (χ0) is 11.4. The molecule has 0 bridgehead atoms. The molecule has 1 atom stereocenters. The Morgan fingerprint density at radius 1 is 1.62 bits per heavy atom. The third-order valence-corrected chi connectivity index (χ3v) is 3.33. The lowest BCUT2D eigenvalue weighted by Gasteiger charge is -2.34. The summed E-state index contributed by atoms with van der Waals surface area (Å²) in [7, 11) is 0. The van der Waals surface area contributed by atoms with Gasteiger partial charge in [-0.25, -0.2) is 4.98 Å². The lowest BCUT2D eigenvalue weighted by atomic mass is 9.95. The zero-order valence-corrected chi connectivity index (χ0v) is 9.69. The number of aromatic nitrogens is 1. The largest absolute Gasteiger partial charge is 0.369 e. The Kier molecular flexibility index (Phi) is 3.40. The van der Waals surface area contributed by atoms with Crippen LogP contribution in [0.1, 0.15) is 31.9 Å². The first-order valence-electron chi connectivity index (χ1n) is 5.95. The van der Waals surface area contributed by atoms with Gasteiger partial charge in [0.15, 0.2) is 5.69 Å². The van der Waals surface area contributed by atoms with Crippen molar-refractivity contribution in [3.63, 3.8) is 0 Å². The van der Waals surface area contributed by atoms with E-state index in [1.807, 2.05) is 12.1 Å². The van der Waals surface area contributed by atoms with Crippen LogP contribution in [0.25, 0.3) is 0 Å². The zero-order valence-electron chi connectivity index (χ0n) is 9.69. The summed E-state index contributed by atoms with van der Waals surface area (Å²) < 4.78 is 0. The van der Waals surface area contributed by atoms with E-state index in [1.54, 1.807) is 6.20 Å². The van der Waals surface area contributed by atoms with Crippen molar-refractivity contribution >= 4 is 5.69 Å². The second kappa shape index (κ2) is 4.98. The first-order chi connectivity index (χ1) is 7.85. The number of hydrogen-bond donors (Lipinski definition) is 0. The fraction of sp³-hybridized carbons (Fsp3) is 0.538. The SMILES string of the molecule is CCC1CCCN(c2cccnc2C#N)C1. The van der Waals surface area contributed by atoms with Crippen molar-refractivity contribution < 1.29 is 0 Å². The van der Waals surface area contributed by atoms with Gasteiger partial charge in [0.25, 0.3) is 0 Å². The summed E-state index contributed by atoms with van der Waals surface area (Å²) in [4.78, 5) is 6.43. The Bertz CT molecular complexity index is 394. The fourth-order valence-electron chi connectivity index (χ4n) is 2.36. The van der Waals surface area contributed by atoms with Crippen LogP contribution in [0.4, 0.5) is 5.69 Å². The highest BCUT2D eigenvalue weighted by Gasteiger charge is 2.20. The van der Waals surface area contributed by atoms with Crippen molar-refractivity contribution in [3.05, 3.63) is 24.0 Å². The smallest absolute Gasteiger partial charge is 0.163 e. The van der Waals surface area contributed by atoms with E-state index in [4.69, 9.17) is 5.26 Å². The highest BCUT2D eigenvalue weighted by Crippen LogP contribution is 2.26. The third-order valence-electron chi connectivity index (χ3n) is 3.33. The summed E-state index contributed by atoms with van der Waals surface area (Å²) in [6, 6.07) is 6.08. The van der Waals surface area contributed by atoms with Crippen LogP contribution in [0.5, 0.6) is 0 Å². The average molecular weight is 215 g/mol. The van der Waals surface area contributed by atoms with E-state index in [-0.39, 0.29) is 0 Å². The number of rotatable bonds is 2. The molecule has 1 aromatic rings. The van der Waals surface area contributed by atoms with E-state index >= 15 is 0 Å². The molecule has 1 aliphatic heterocycles. The van der Waals surface area contributed by atoms with Gasteiger partial charge in [-0.05, 0) is 30.9 Å². The molecule has 3 heteroatoms. The quantitative estimate of drug-likeness (QED) is 0.761. The fourth-order valence-corrected chi connectivity index (χ4v) is 2.36. The summed E-state index contributed by atoms with van der Waals surface area (Å²) in [5.74, 6) is 0.764. The second-order valence-corrected chi connectivity index (χ2v) is 4.35. The first kappa shape index (κ1) is 10.9. The summed E-state index contributed by atoms with van der Waals surface area (Å²) in [6.07, 6.45) is 5.44. The van der Waals surface area contributed by atoms with Gasteiger partial charge in [0.05, 0.1) is 5.69 Å². The maximum atomic E-state index is 9.03. The van der Waals surface area contributed by atoms with Gasteiger partial charge in [-0.15, -0.1) is 0 Å². The van der Waals surface area contributed by atoms with Crippen LogP contribution in [0.2, 0.25) is 0 Å². The molecule has 0 aromatic carbocycles. The number of pyridine rings is 1. The number of anilines is 1. The molecule has 0 radical (unpaired) electrons. The number of nitrogens with zero attached hydrogens (tertiary/aromatic N) is 3. The average Bonchev–Trinajstić information content (AvgIpc) is 2.38. The molecular formula is C13H17N3. The van der Waals surface area contributed by atoms with Gasteiger partial charge in [-0.1, -0.05) is 13.3 Å². The maximum Gasteiger partial charge on any atom is 0.163 e. The van der Waals surface area contributed by atoms with Gasteiger partial charge >= 0.3 is 0 Å². The van der Waals surface area contributed by atoms with E-state index in [2.05, 4.69) is 22.9 Å². The predicted molar refractivity (Wildman–Crippen MR) is 64.2 cm³/mol. The van der Waals surface area contributed by atoms with Crippen molar-refractivity contribution in [2.45, 2.75) is 26.2 Å². The van der Waals surface area contributed by atoms with Crippen molar-refractivity contribution in [3.8, 4) is 6.07 Å². The van der Waals surface area contributed by atoms with Gasteiger partial charge in [-0.2, -0.15) is 5.26 Å². The minimum atomic E-state index is 0.555. The van der Waals surface area contributed by atoms with Crippen LogP contribution in [0, 0.1) is 17.2 Å². The van der Waals surface area contributed by atoms with E-state index in [1.165, 1.54) is 19.3 Å². The summed E-state index contributed by atoms with van der Waals surface area (Å²) in [5, 5.41) is 9.03. The summed E-state index contributed by atoms with van der Waals surface area (Å²) in [5.41, 5.74) is 1.56. The summed E-state index contributed by atoms with van der Waals surface area (Å²) >= 11 is 0. The van der Waals surface area contributed by atoms with Crippen LogP contribution in [0.3, 0.4) is 0 Å². The van der Waals surface area contributed by atoms with Crippen LogP contribution in [-0.4, -0.2) is 18.1 Å². The van der Waals surface area contributed by atoms with Gasteiger partial charge in [0, 0.05) is 19.3 Å². The summed E-state index contributed by atoms with van der Waals surface area (Å²) in [6.45, 7) is 4.36. The van der Waals surface area contributed by atoms with Gasteiger partial charge in [0.2, 0.25) is 0 Å². The third kappa shape index (κ3) is 2.16. The molecule has 0 saturated carbocycles. The van der Waals surface area contributed by atoms with Crippen LogP contribution >= 0.6 is 0 Å². The van der Waals surface area contributed by atoms with E-state index in [9.17, 15) is 0 Å². The molecule has 16 heavy (non-hydrogen) atoms. The van der Waals surface area contributed by atoms with E-state index < -0.39 is 0 Å². The topological polar surface area (TPSA) is 39.9 Å². The Hall–Kier alpha value is -1.56. The van der Waals surface area contributed by atoms with Crippen LogP contribution in [0.15, 0.2) is 18.3 Å². The second-order valence-electron chi connectivity index (χ2n) is 4.35. The van der Waals surface area contributed by atoms with E-state index in [0.29, 0.717) is 5.69 Å². The van der Waals surface area contributed by atoms with Crippen molar-refractivity contribution in [1.29, 1.82) is 5.26 Å². The number of piperidine rings is 1. The number of hydrogen-bond acceptors (Lipinski definition) is 3. The lowest BCUT2D eigenvalue weighted by Crippen LogP contribution is -2.35.